The second-order valence-corrected chi connectivity index (χ2v) is 9.75. The summed E-state index contributed by atoms with van der Waals surface area (Å²) < 4.78 is 69.9. The van der Waals surface area contributed by atoms with Crippen molar-refractivity contribution in [1.82, 2.24) is 24.5 Å². The van der Waals surface area contributed by atoms with Crippen molar-refractivity contribution in [3.8, 4) is 11.1 Å². The molecule has 16 heteroatoms. The van der Waals surface area contributed by atoms with E-state index in [0.717, 1.165) is 10.7 Å². The largest absolute Gasteiger partial charge is 0.433 e. The van der Waals surface area contributed by atoms with E-state index in [4.69, 9.17) is 5.73 Å². The van der Waals surface area contributed by atoms with E-state index in [1.165, 1.54) is 17.8 Å². The Morgan fingerprint density at radius 1 is 1.22 bits per heavy atom. The molecule has 0 spiro atoms. The Labute approximate surface area is 217 Å². The van der Waals surface area contributed by atoms with E-state index >= 15 is 0 Å². The van der Waals surface area contributed by atoms with Crippen LogP contribution >= 0.6 is 27.3 Å². The lowest BCUT2D eigenvalue weighted by Gasteiger charge is -2.12. The van der Waals surface area contributed by atoms with E-state index in [9.17, 15) is 31.5 Å². The molecule has 4 rings (SSSR count). The highest BCUT2D eigenvalue weighted by atomic mass is 79.9. The molecule has 4 heterocycles. The van der Waals surface area contributed by atoms with E-state index in [0.29, 0.717) is 22.6 Å². The van der Waals surface area contributed by atoms with Gasteiger partial charge in [0.2, 0.25) is 5.91 Å². The number of nitrogens with one attached hydrogen (secondary N) is 1. The number of pyridine rings is 1. The molecule has 3 N–H and O–H groups in total. The number of aromatic nitrogens is 5. The maximum atomic E-state index is 13.7. The molecule has 0 aliphatic heterocycles. The molecule has 0 aliphatic carbocycles. The van der Waals surface area contributed by atoms with Crippen molar-refractivity contribution >= 4 is 55.0 Å². The molecule has 0 unspecified atom stereocenters. The van der Waals surface area contributed by atoms with Gasteiger partial charge in [0.15, 0.2) is 0 Å². The van der Waals surface area contributed by atoms with Gasteiger partial charge in [-0.3, -0.25) is 19.0 Å². The van der Waals surface area contributed by atoms with Gasteiger partial charge in [0, 0.05) is 23.7 Å². The predicted octanol–water partition coefficient (Wildman–Crippen LogP) is 4.97. The number of hydrogen-bond donors (Lipinski definition) is 2. The standard InChI is InChI=1S/C21H17BrF5N7O2S/c1-7-10(5-29-33(7)3)9-4-11(21(25,26)27)30-20-13(9)15(17(37-20)19(28)36)31-12(35)6-34-8(2)14(22)16(32-34)18(23)24/h4-5,18H,6H2,1-3H3,(H2,28,36)(H,31,35). The molecule has 0 aromatic carbocycles. The summed E-state index contributed by atoms with van der Waals surface area (Å²) in [5, 5.41) is 10.4. The number of alkyl halides is 5. The quantitative estimate of drug-likeness (QED) is 0.301. The molecule has 37 heavy (non-hydrogen) atoms. The number of nitrogens with two attached hydrogens (primary N) is 1. The normalized spacial score (nSPS) is 12.1. The van der Waals surface area contributed by atoms with Crippen molar-refractivity contribution < 1.29 is 31.5 Å². The number of nitrogens with zero attached hydrogens (tertiary/aromatic N) is 5. The SMILES string of the molecule is Cc1c(-c2cc(C(F)(F)F)nc3sc(C(N)=O)c(NC(=O)Cn4nc(C(F)F)c(Br)c4C)c23)cnn1C. The third kappa shape index (κ3) is 4.82. The number of carbonyl (C=O) groups excluding carboxylic acids is 2. The van der Waals surface area contributed by atoms with Gasteiger partial charge in [0.05, 0.1) is 22.1 Å². The maximum Gasteiger partial charge on any atom is 0.433 e. The molecule has 0 saturated carbocycles. The van der Waals surface area contributed by atoms with Crippen LogP contribution in [0.3, 0.4) is 0 Å². The zero-order chi connectivity index (χ0) is 27.4. The molecular formula is C21H17BrF5N7O2S. The van der Waals surface area contributed by atoms with Gasteiger partial charge in [-0.1, -0.05) is 0 Å². The molecular weight excluding hydrogens is 589 g/mol. The number of amides is 2. The first-order chi connectivity index (χ1) is 17.2. The highest BCUT2D eigenvalue weighted by Crippen LogP contribution is 2.44. The van der Waals surface area contributed by atoms with Crippen molar-refractivity contribution in [1.29, 1.82) is 0 Å². The molecule has 0 aliphatic rings. The number of fused-ring (bicyclic) bond motifs is 1. The summed E-state index contributed by atoms with van der Waals surface area (Å²) in [6.45, 7) is 2.58. The van der Waals surface area contributed by atoms with Crippen LogP contribution in [0.4, 0.5) is 27.6 Å². The fourth-order valence-corrected chi connectivity index (χ4v) is 5.13. The minimum atomic E-state index is -4.80. The molecule has 0 saturated heterocycles. The Kier molecular flexibility index (Phi) is 6.83. The second-order valence-electron chi connectivity index (χ2n) is 7.96. The van der Waals surface area contributed by atoms with E-state index in [1.807, 2.05) is 0 Å². The third-order valence-electron chi connectivity index (χ3n) is 5.62. The van der Waals surface area contributed by atoms with Gasteiger partial charge in [-0.2, -0.15) is 23.4 Å². The Morgan fingerprint density at radius 3 is 2.41 bits per heavy atom. The minimum absolute atomic E-state index is 0.0278. The average Bonchev–Trinajstić information content (AvgIpc) is 3.42. The number of halogens is 6. The number of rotatable bonds is 6. The lowest BCUT2D eigenvalue weighted by Crippen LogP contribution is -2.22. The Hall–Kier alpha value is -3.40. The van der Waals surface area contributed by atoms with Crippen molar-refractivity contribution in [3.63, 3.8) is 0 Å². The smallest absolute Gasteiger partial charge is 0.365 e. The second kappa shape index (κ2) is 9.48. The predicted molar refractivity (Wildman–Crippen MR) is 128 cm³/mol. The van der Waals surface area contributed by atoms with Gasteiger partial charge in [-0.25, -0.2) is 13.8 Å². The van der Waals surface area contributed by atoms with Crippen LogP contribution in [0.15, 0.2) is 16.7 Å². The third-order valence-corrected chi connectivity index (χ3v) is 7.70. The highest BCUT2D eigenvalue weighted by molar-refractivity contribution is 9.10. The van der Waals surface area contributed by atoms with Crippen LogP contribution in [0.25, 0.3) is 21.3 Å². The minimum Gasteiger partial charge on any atom is -0.365 e. The summed E-state index contributed by atoms with van der Waals surface area (Å²) in [6, 6.07) is 0.809. The first-order valence-electron chi connectivity index (χ1n) is 10.3. The van der Waals surface area contributed by atoms with Crippen molar-refractivity contribution in [3.05, 3.63) is 44.4 Å². The maximum absolute atomic E-state index is 13.7. The van der Waals surface area contributed by atoms with E-state index in [-0.39, 0.29) is 36.5 Å². The van der Waals surface area contributed by atoms with Crippen LogP contribution in [-0.4, -0.2) is 36.4 Å². The summed E-state index contributed by atoms with van der Waals surface area (Å²) >= 11 is 3.61. The Morgan fingerprint density at radius 2 is 1.89 bits per heavy atom. The number of primary amides is 1. The fourth-order valence-electron chi connectivity index (χ4n) is 3.67. The van der Waals surface area contributed by atoms with Gasteiger partial charge >= 0.3 is 6.18 Å². The molecule has 0 atom stereocenters. The Bertz CT molecular complexity index is 1560. The van der Waals surface area contributed by atoms with Crippen LogP contribution in [-0.2, 0) is 24.6 Å². The summed E-state index contributed by atoms with van der Waals surface area (Å²) in [7, 11) is 1.60. The zero-order valence-electron chi connectivity index (χ0n) is 19.2. The highest BCUT2D eigenvalue weighted by Gasteiger charge is 2.35. The molecule has 2 amide bonds. The molecule has 196 valence electrons. The monoisotopic (exact) mass is 605 g/mol. The lowest BCUT2D eigenvalue weighted by molar-refractivity contribution is -0.140. The van der Waals surface area contributed by atoms with Gasteiger partial charge in [-0.15, -0.1) is 11.3 Å². The van der Waals surface area contributed by atoms with Crippen LogP contribution in [0.2, 0.25) is 0 Å². The number of aryl methyl sites for hydroxylation is 1. The van der Waals surface area contributed by atoms with Crippen LogP contribution < -0.4 is 11.1 Å². The first-order valence-corrected chi connectivity index (χ1v) is 12.0. The molecule has 0 radical (unpaired) electrons. The number of carbonyl (C=O) groups is 2. The number of thiophene rings is 1. The van der Waals surface area contributed by atoms with Crippen LogP contribution in [0.1, 0.15) is 38.9 Å². The molecule has 0 fully saturated rings. The summed E-state index contributed by atoms with van der Waals surface area (Å²) in [5.41, 5.74) is 4.69. The van der Waals surface area contributed by atoms with Crippen LogP contribution in [0, 0.1) is 13.8 Å². The van der Waals surface area contributed by atoms with Gasteiger partial charge in [-0.05, 0) is 41.4 Å². The molecule has 9 nitrogen and oxygen atoms in total. The Balaban J connectivity index is 1.88. The fraction of sp³-hybridized carbons (Fsp3) is 0.286. The van der Waals surface area contributed by atoms with E-state index in [2.05, 4.69) is 36.4 Å². The van der Waals surface area contributed by atoms with Gasteiger partial charge in [0.25, 0.3) is 12.3 Å². The van der Waals surface area contributed by atoms with Gasteiger partial charge in [0.1, 0.15) is 27.6 Å². The lowest BCUT2D eigenvalue weighted by atomic mass is 10.0. The van der Waals surface area contributed by atoms with E-state index in [1.54, 1.807) is 14.0 Å². The number of hydrogen-bond acceptors (Lipinski definition) is 6. The molecule has 4 aromatic rings. The molecule has 0 bridgehead atoms. The van der Waals surface area contributed by atoms with E-state index < -0.39 is 42.3 Å². The summed E-state index contributed by atoms with van der Waals surface area (Å²) in [5.74, 6) is -1.78. The van der Waals surface area contributed by atoms with Crippen molar-refractivity contribution in [2.24, 2.45) is 12.8 Å². The molecule has 4 aromatic heterocycles. The topological polar surface area (TPSA) is 121 Å². The van der Waals surface area contributed by atoms with Crippen molar-refractivity contribution in [2.45, 2.75) is 33.0 Å². The first kappa shape index (κ1) is 26.7. The summed E-state index contributed by atoms with van der Waals surface area (Å²) in [6.07, 6.45) is -6.33. The zero-order valence-corrected chi connectivity index (χ0v) is 21.6. The van der Waals surface area contributed by atoms with Gasteiger partial charge < -0.3 is 11.1 Å². The van der Waals surface area contributed by atoms with Crippen LogP contribution in [0.5, 0.6) is 0 Å². The average molecular weight is 606 g/mol. The summed E-state index contributed by atoms with van der Waals surface area (Å²) in [4.78, 5) is 28.4. The number of anilines is 1. The van der Waals surface area contributed by atoms with Crippen molar-refractivity contribution in [2.75, 3.05) is 5.32 Å².